The number of methoxy groups -OCH3 is 1. The number of fused-ring (bicyclic) bond motifs is 2. The van der Waals surface area contributed by atoms with Gasteiger partial charge in [0.25, 0.3) is 0 Å². The fraction of sp³-hybridized carbons (Fsp3) is 0.235. The van der Waals surface area contributed by atoms with E-state index in [9.17, 15) is 13.2 Å². The number of rotatable bonds is 1. The first-order chi connectivity index (χ1) is 12.6. The summed E-state index contributed by atoms with van der Waals surface area (Å²) in [5.41, 5.74) is 13.9. The molecule has 0 radical (unpaired) electrons. The number of benzene rings is 1. The molecule has 2 aromatic rings. The molecule has 0 saturated heterocycles. The van der Waals surface area contributed by atoms with Crippen LogP contribution < -0.4 is 20.9 Å². The molecule has 1 aliphatic rings. The molecule has 150 valence electrons. The average molecular weight is 398 g/mol. The summed E-state index contributed by atoms with van der Waals surface area (Å²) in [5, 5.41) is 16.2. The van der Waals surface area contributed by atoms with Gasteiger partial charge in [-0.1, -0.05) is 13.5 Å². The van der Waals surface area contributed by atoms with Crippen LogP contribution in [0.1, 0.15) is 24.1 Å². The Morgan fingerprint density at radius 3 is 2.50 bits per heavy atom. The Bertz CT molecular complexity index is 939. The molecule has 0 amide bonds. The molecule has 2 heterocycles. The Hall–Kier alpha value is -3.68. The molecule has 0 atom stereocenters. The summed E-state index contributed by atoms with van der Waals surface area (Å²) in [6, 6.07) is 7.50. The van der Waals surface area contributed by atoms with Gasteiger partial charge >= 0.3 is 12.1 Å². The van der Waals surface area contributed by atoms with Crippen LogP contribution in [0.3, 0.4) is 0 Å². The van der Waals surface area contributed by atoms with Crippen molar-refractivity contribution in [3.05, 3.63) is 34.9 Å². The first-order valence-corrected chi connectivity index (χ1v) is 7.21. The Labute approximate surface area is 158 Å². The highest BCUT2D eigenvalue weighted by molar-refractivity contribution is 5.73. The van der Waals surface area contributed by atoms with Gasteiger partial charge in [0, 0.05) is 18.1 Å². The first kappa shape index (κ1) is 22.4. The minimum absolute atomic E-state index is 0. The second-order valence-electron chi connectivity index (χ2n) is 5.24. The van der Waals surface area contributed by atoms with E-state index in [-0.39, 0.29) is 18.8 Å². The Balaban J connectivity index is 0.000000425. The lowest BCUT2D eigenvalue weighted by atomic mass is 9.99. The molecule has 11 heteroatoms. The predicted molar refractivity (Wildman–Crippen MR) is 94.1 cm³/mol. The monoisotopic (exact) mass is 398 g/mol. The van der Waals surface area contributed by atoms with Gasteiger partial charge in [0.15, 0.2) is 0 Å². The lowest BCUT2D eigenvalue weighted by molar-refractivity contribution is -0.192. The molecule has 1 aromatic carbocycles. The number of nitrogens with two attached hydrogens (primary N) is 2. The van der Waals surface area contributed by atoms with E-state index in [1.165, 1.54) is 0 Å². The van der Waals surface area contributed by atoms with Gasteiger partial charge in [0.1, 0.15) is 28.9 Å². The van der Waals surface area contributed by atoms with E-state index in [0.29, 0.717) is 35.1 Å². The summed E-state index contributed by atoms with van der Waals surface area (Å²) in [6.45, 7) is 0. The number of halogens is 3. The van der Waals surface area contributed by atoms with Crippen LogP contribution >= 0.6 is 0 Å². The van der Waals surface area contributed by atoms with E-state index in [0.717, 1.165) is 5.56 Å². The highest BCUT2D eigenvalue weighted by atomic mass is 19.4. The molecular weight excluding hydrogens is 381 g/mol. The molecule has 0 aliphatic carbocycles. The van der Waals surface area contributed by atoms with Crippen molar-refractivity contribution in [3.8, 4) is 23.4 Å². The van der Waals surface area contributed by atoms with E-state index in [1.807, 2.05) is 18.2 Å². The van der Waals surface area contributed by atoms with Gasteiger partial charge in [-0.15, -0.1) is 0 Å². The largest absolute Gasteiger partial charge is 0.497 e. The average Bonchev–Trinajstić information content (AvgIpc) is 2.60. The summed E-state index contributed by atoms with van der Waals surface area (Å²) in [6.07, 6.45) is -4.54. The van der Waals surface area contributed by atoms with Crippen molar-refractivity contribution >= 4 is 17.5 Å². The SMILES string of the molecule is C.COc1ccc2c(c1)Oc1nc(N)c(C#N)c(N)c1C2.O=C(O)C(F)(F)F. The quantitative estimate of drug-likeness (QED) is 0.567. The van der Waals surface area contributed by atoms with Crippen LogP contribution in [0.2, 0.25) is 0 Å². The van der Waals surface area contributed by atoms with Crippen molar-refractivity contribution < 1.29 is 32.5 Å². The van der Waals surface area contributed by atoms with Crippen molar-refractivity contribution in [2.75, 3.05) is 18.6 Å². The molecule has 1 aromatic heterocycles. The molecule has 0 fully saturated rings. The minimum Gasteiger partial charge on any atom is -0.497 e. The van der Waals surface area contributed by atoms with Gasteiger partial charge in [-0.05, 0) is 11.6 Å². The van der Waals surface area contributed by atoms with Crippen LogP contribution in [0.4, 0.5) is 24.7 Å². The highest BCUT2D eigenvalue weighted by Gasteiger charge is 2.38. The second-order valence-corrected chi connectivity index (χ2v) is 5.24. The number of carbonyl (C=O) groups is 1. The lowest BCUT2D eigenvalue weighted by Crippen LogP contribution is -2.21. The number of nitrogen functional groups attached to an aromatic ring is 2. The molecule has 0 saturated carbocycles. The predicted octanol–water partition coefficient (Wildman–Crippen LogP) is 3.09. The van der Waals surface area contributed by atoms with Gasteiger partial charge in [-0.25, -0.2) is 4.79 Å². The molecule has 0 unspecified atom stereocenters. The van der Waals surface area contributed by atoms with Crippen LogP contribution in [0.25, 0.3) is 0 Å². The van der Waals surface area contributed by atoms with Crippen molar-refractivity contribution in [2.45, 2.75) is 20.0 Å². The number of nitriles is 1. The number of pyridine rings is 1. The summed E-state index contributed by atoms with van der Waals surface area (Å²) in [5.74, 6) is -0.975. The van der Waals surface area contributed by atoms with Crippen LogP contribution in [0.5, 0.6) is 17.4 Å². The lowest BCUT2D eigenvalue weighted by Gasteiger charge is -2.22. The van der Waals surface area contributed by atoms with E-state index in [4.69, 9.17) is 36.1 Å². The maximum atomic E-state index is 10.6. The number of aliphatic carboxylic acids is 1. The number of alkyl halides is 3. The Morgan fingerprint density at radius 1 is 1.39 bits per heavy atom. The normalized spacial score (nSPS) is 11.2. The highest BCUT2D eigenvalue weighted by Crippen LogP contribution is 2.41. The Kier molecular flexibility index (Phi) is 6.66. The third kappa shape index (κ3) is 4.53. The standard InChI is InChI=1S/C14H12N4O2.C2HF3O2.CH4/c1-19-8-3-2-7-4-9-12(16)10(6-15)13(17)18-14(9)20-11(7)5-8;3-2(4,5)1(6)7;/h2-3,5H,4H2,1H3,(H4,16,17,18);(H,6,7);1H4. The second kappa shape index (κ2) is 8.34. The van der Waals surface area contributed by atoms with E-state index < -0.39 is 12.1 Å². The summed E-state index contributed by atoms with van der Waals surface area (Å²) < 4.78 is 42.6. The molecule has 1 aliphatic heterocycles. The number of hydrogen-bond acceptors (Lipinski definition) is 7. The first-order valence-electron chi connectivity index (χ1n) is 7.21. The number of aromatic nitrogens is 1. The molecule has 8 nitrogen and oxygen atoms in total. The van der Waals surface area contributed by atoms with Crippen LogP contribution in [-0.4, -0.2) is 29.3 Å². The maximum absolute atomic E-state index is 10.6. The summed E-state index contributed by atoms with van der Waals surface area (Å²) in [7, 11) is 1.59. The van der Waals surface area contributed by atoms with Crippen molar-refractivity contribution in [1.82, 2.24) is 4.98 Å². The van der Waals surface area contributed by atoms with Crippen LogP contribution in [0.15, 0.2) is 18.2 Å². The molecule has 5 N–H and O–H groups in total. The van der Waals surface area contributed by atoms with Gasteiger partial charge in [0.05, 0.1) is 12.8 Å². The van der Waals surface area contributed by atoms with Crippen LogP contribution in [-0.2, 0) is 11.2 Å². The molecule has 28 heavy (non-hydrogen) atoms. The topological polar surface area (TPSA) is 144 Å². The van der Waals surface area contributed by atoms with Gasteiger partial charge in [-0.3, -0.25) is 0 Å². The maximum Gasteiger partial charge on any atom is 0.490 e. The Morgan fingerprint density at radius 2 is 2.00 bits per heavy atom. The zero-order chi connectivity index (χ0) is 20.4. The van der Waals surface area contributed by atoms with Crippen molar-refractivity contribution in [3.63, 3.8) is 0 Å². The fourth-order valence-electron chi connectivity index (χ4n) is 2.21. The third-order valence-corrected chi connectivity index (χ3v) is 3.53. The molecule has 3 rings (SSSR count). The molecular formula is C17H17F3N4O4. The number of carboxylic acids is 1. The number of carboxylic acid groups (broad SMARTS) is 1. The fourth-order valence-corrected chi connectivity index (χ4v) is 2.21. The molecule has 0 bridgehead atoms. The van der Waals surface area contributed by atoms with Crippen molar-refractivity contribution in [1.29, 1.82) is 5.26 Å². The zero-order valence-electron chi connectivity index (χ0n) is 13.8. The van der Waals surface area contributed by atoms with Gasteiger partial charge < -0.3 is 26.0 Å². The van der Waals surface area contributed by atoms with E-state index in [2.05, 4.69) is 4.98 Å². The smallest absolute Gasteiger partial charge is 0.490 e. The number of anilines is 2. The number of ether oxygens (including phenoxy) is 2. The number of hydrogen-bond donors (Lipinski definition) is 3. The summed E-state index contributed by atoms with van der Waals surface area (Å²) >= 11 is 0. The van der Waals surface area contributed by atoms with E-state index >= 15 is 0 Å². The third-order valence-electron chi connectivity index (χ3n) is 3.53. The van der Waals surface area contributed by atoms with Gasteiger partial charge in [0.2, 0.25) is 5.88 Å². The molecule has 0 spiro atoms. The van der Waals surface area contributed by atoms with E-state index in [1.54, 1.807) is 13.2 Å². The summed E-state index contributed by atoms with van der Waals surface area (Å²) in [4.78, 5) is 13.0. The van der Waals surface area contributed by atoms with Crippen molar-refractivity contribution in [2.24, 2.45) is 0 Å². The minimum atomic E-state index is -5.08. The number of nitrogens with zero attached hydrogens (tertiary/aromatic N) is 2. The zero-order valence-corrected chi connectivity index (χ0v) is 13.8. The van der Waals surface area contributed by atoms with Gasteiger partial charge in [-0.2, -0.15) is 23.4 Å². The van der Waals surface area contributed by atoms with Crippen LogP contribution in [0, 0.1) is 11.3 Å².